The fourth-order valence-electron chi connectivity index (χ4n) is 2.69. The lowest BCUT2D eigenvalue weighted by molar-refractivity contribution is -0.129. The zero-order valence-corrected chi connectivity index (χ0v) is 13.0. The first-order valence-corrected chi connectivity index (χ1v) is 7.38. The molecular formula is C17H17N3O3. The van der Waals surface area contributed by atoms with Gasteiger partial charge in [0, 0.05) is 30.7 Å². The van der Waals surface area contributed by atoms with Gasteiger partial charge >= 0.3 is 0 Å². The van der Waals surface area contributed by atoms with Crippen LogP contribution in [0.2, 0.25) is 0 Å². The molecule has 1 aromatic carbocycles. The van der Waals surface area contributed by atoms with Gasteiger partial charge in [0.15, 0.2) is 0 Å². The molecule has 1 aliphatic heterocycles. The van der Waals surface area contributed by atoms with Crippen LogP contribution in [-0.4, -0.2) is 28.9 Å². The van der Waals surface area contributed by atoms with Gasteiger partial charge < -0.3 is 4.74 Å². The summed E-state index contributed by atoms with van der Waals surface area (Å²) in [6.45, 7) is 1.80. The van der Waals surface area contributed by atoms with Gasteiger partial charge in [0.1, 0.15) is 5.75 Å². The number of anilines is 1. The molecular weight excluding hydrogens is 294 g/mol. The number of aryl methyl sites for hydroxylation is 1. The van der Waals surface area contributed by atoms with Crippen LogP contribution in [0.1, 0.15) is 30.0 Å². The second-order valence-corrected chi connectivity index (χ2v) is 5.50. The minimum Gasteiger partial charge on any atom is -0.497 e. The van der Waals surface area contributed by atoms with Gasteiger partial charge in [-0.3, -0.25) is 9.59 Å². The number of ether oxygens (including phenoxy) is 1. The maximum absolute atomic E-state index is 12.4. The van der Waals surface area contributed by atoms with Crippen LogP contribution in [0.25, 0.3) is 0 Å². The minimum atomic E-state index is -0.271. The van der Waals surface area contributed by atoms with Crippen molar-refractivity contribution in [1.82, 2.24) is 9.97 Å². The van der Waals surface area contributed by atoms with Crippen molar-refractivity contribution in [3.8, 4) is 5.75 Å². The second-order valence-electron chi connectivity index (χ2n) is 5.50. The van der Waals surface area contributed by atoms with Gasteiger partial charge in [0.05, 0.1) is 7.11 Å². The lowest BCUT2D eigenvalue weighted by Gasteiger charge is -2.28. The molecule has 6 heteroatoms. The number of rotatable bonds is 3. The third-order valence-corrected chi connectivity index (χ3v) is 3.91. The highest BCUT2D eigenvalue weighted by molar-refractivity contribution is 6.15. The van der Waals surface area contributed by atoms with Crippen LogP contribution in [0, 0.1) is 6.92 Å². The number of hydrogen-bond acceptors (Lipinski definition) is 5. The van der Waals surface area contributed by atoms with E-state index in [1.807, 2.05) is 24.3 Å². The van der Waals surface area contributed by atoms with E-state index in [0.29, 0.717) is 5.69 Å². The summed E-state index contributed by atoms with van der Waals surface area (Å²) in [5, 5.41) is 0. The van der Waals surface area contributed by atoms with Gasteiger partial charge in [-0.15, -0.1) is 0 Å². The van der Waals surface area contributed by atoms with E-state index in [2.05, 4.69) is 9.97 Å². The first-order valence-electron chi connectivity index (χ1n) is 7.38. The molecule has 6 nitrogen and oxygen atoms in total. The highest BCUT2D eigenvalue weighted by atomic mass is 16.5. The third-order valence-electron chi connectivity index (χ3n) is 3.91. The summed E-state index contributed by atoms with van der Waals surface area (Å²) in [7, 11) is 1.60. The van der Waals surface area contributed by atoms with E-state index in [1.165, 1.54) is 0 Å². The van der Waals surface area contributed by atoms with Gasteiger partial charge in [-0.25, -0.2) is 14.9 Å². The smallest absolute Gasteiger partial charge is 0.239 e. The van der Waals surface area contributed by atoms with Crippen LogP contribution < -0.4 is 9.64 Å². The van der Waals surface area contributed by atoms with Crippen LogP contribution in [0.4, 0.5) is 5.95 Å². The predicted octanol–water partition coefficient (Wildman–Crippen LogP) is 2.23. The standard InChI is InChI=1S/C17H17N3O3/c1-11-7-8-18-17(19-11)20-15(21)9-13(10-16(20)22)12-3-5-14(23-2)6-4-12/h3-8,13H,9-10H2,1-2H3. The lowest BCUT2D eigenvalue weighted by Crippen LogP contribution is -2.43. The molecule has 0 bridgehead atoms. The summed E-state index contributed by atoms with van der Waals surface area (Å²) < 4.78 is 5.13. The number of nitrogens with zero attached hydrogens (tertiary/aromatic N) is 3. The highest BCUT2D eigenvalue weighted by Gasteiger charge is 2.35. The Labute approximate surface area is 134 Å². The van der Waals surface area contributed by atoms with Crippen LogP contribution in [0.15, 0.2) is 36.5 Å². The Balaban J connectivity index is 1.81. The van der Waals surface area contributed by atoms with E-state index in [4.69, 9.17) is 4.74 Å². The number of imide groups is 1. The van der Waals surface area contributed by atoms with Crippen LogP contribution >= 0.6 is 0 Å². The van der Waals surface area contributed by atoms with Crippen molar-refractivity contribution in [3.05, 3.63) is 47.8 Å². The summed E-state index contributed by atoms with van der Waals surface area (Å²) in [6, 6.07) is 9.18. The number of carbonyl (C=O) groups excluding carboxylic acids is 2. The Morgan fingerprint density at radius 1 is 1.09 bits per heavy atom. The number of hydrogen-bond donors (Lipinski definition) is 0. The Hall–Kier alpha value is -2.76. The Bertz CT molecular complexity index is 725. The maximum Gasteiger partial charge on any atom is 0.239 e. The van der Waals surface area contributed by atoms with Gasteiger partial charge in [0.25, 0.3) is 0 Å². The molecule has 3 rings (SSSR count). The molecule has 0 radical (unpaired) electrons. The Kier molecular flexibility index (Phi) is 4.06. The molecule has 2 amide bonds. The summed E-state index contributed by atoms with van der Waals surface area (Å²) in [6.07, 6.45) is 2.07. The van der Waals surface area contributed by atoms with E-state index in [9.17, 15) is 9.59 Å². The van der Waals surface area contributed by atoms with Gasteiger partial charge in [-0.05, 0) is 30.7 Å². The fourth-order valence-corrected chi connectivity index (χ4v) is 2.69. The molecule has 1 saturated heterocycles. The second kappa shape index (κ2) is 6.16. The van der Waals surface area contributed by atoms with Crippen molar-refractivity contribution >= 4 is 17.8 Å². The summed E-state index contributed by atoms with van der Waals surface area (Å²) in [4.78, 5) is 34.2. The fraction of sp³-hybridized carbons (Fsp3) is 0.294. The lowest BCUT2D eigenvalue weighted by atomic mass is 9.88. The number of amides is 2. The van der Waals surface area contributed by atoms with Crippen LogP contribution in [0.5, 0.6) is 5.75 Å². The van der Waals surface area contributed by atoms with E-state index < -0.39 is 0 Å². The van der Waals surface area contributed by atoms with Crippen molar-refractivity contribution in [3.63, 3.8) is 0 Å². The first-order chi connectivity index (χ1) is 11.1. The molecule has 0 atom stereocenters. The monoisotopic (exact) mass is 311 g/mol. The van der Waals surface area contributed by atoms with Gasteiger partial charge in [-0.1, -0.05) is 12.1 Å². The molecule has 1 aromatic heterocycles. The quantitative estimate of drug-likeness (QED) is 0.813. The van der Waals surface area contributed by atoms with Gasteiger partial charge in [-0.2, -0.15) is 0 Å². The Morgan fingerprint density at radius 2 is 1.74 bits per heavy atom. The average Bonchev–Trinajstić information content (AvgIpc) is 2.54. The van der Waals surface area contributed by atoms with E-state index in [-0.39, 0.29) is 36.5 Å². The molecule has 0 N–H and O–H groups in total. The summed E-state index contributed by atoms with van der Waals surface area (Å²) in [5.41, 5.74) is 1.67. The zero-order chi connectivity index (χ0) is 16.4. The number of benzene rings is 1. The molecule has 23 heavy (non-hydrogen) atoms. The van der Waals surface area contributed by atoms with E-state index in [1.54, 1.807) is 26.3 Å². The number of aromatic nitrogens is 2. The molecule has 1 aliphatic rings. The predicted molar refractivity (Wildman–Crippen MR) is 84.2 cm³/mol. The minimum absolute atomic E-state index is 0.123. The number of piperidine rings is 1. The largest absolute Gasteiger partial charge is 0.497 e. The molecule has 2 aromatic rings. The van der Waals surface area contributed by atoms with E-state index in [0.717, 1.165) is 16.2 Å². The maximum atomic E-state index is 12.4. The molecule has 118 valence electrons. The van der Waals surface area contributed by atoms with Crippen molar-refractivity contribution in [1.29, 1.82) is 0 Å². The number of carbonyl (C=O) groups is 2. The van der Waals surface area contributed by atoms with Crippen molar-refractivity contribution < 1.29 is 14.3 Å². The summed E-state index contributed by atoms with van der Waals surface area (Å²) >= 11 is 0. The molecule has 0 unspecified atom stereocenters. The van der Waals surface area contributed by atoms with Crippen molar-refractivity contribution in [2.45, 2.75) is 25.7 Å². The highest BCUT2D eigenvalue weighted by Crippen LogP contribution is 2.31. The third kappa shape index (κ3) is 3.06. The normalized spacial score (nSPS) is 15.8. The zero-order valence-electron chi connectivity index (χ0n) is 13.0. The molecule has 0 aliphatic carbocycles. The topological polar surface area (TPSA) is 72.4 Å². The summed E-state index contributed by atoms with van der Waals surface area (Å²) in [5.74, 6) is 0.243. The number of methoxy groups -OCH3 is 1. The molecule has 0 saturated carbocycles. The first kappa shape index (κ1) is 15.1. The Morgan fingerprint density at radius 3 is 2.30 bits per heavy atom. The molecule has 0 spiro atoms. The van der Waals surface area contributed by atoms with Crippen LogP contribution in [0.3, 0.4) is 0 Å². The molecule has 1 fully saturated rings. The van der Waals surface area contributed by atoms with Crippen molar-refractivity contribution in [2.75, 3.05) is 12.0 Å². The van der Waals surface area contributed by atoms with Crippen LogP contribution in [-0.2, 0) is 9.59 Å². The van der Waals surface area contributed by atoms with Crippen molar-refractivity contribution in [2.24, 2.45) is 0 Å². The van der Waals surface area contributed by atoms with E-state index >= 15 is 0 Å². The SMILES string of the molecule is COc1ccc(C2CC(=O)N(c3nccc(C)n3)C(=O)C2)cc1. The van der Waals surface area contributed by atoms with Gasteiger partial charge in [0.2, 0.25) is 17.8 Å². The molecule has 2 heterocycles. The average molecular weight is 311 g/mol.